The van der Waals surface area contributed by atoms with Gasteiger partial charge < -0.3 is 4.42 Å². The standard InChI is InChI=1S/C14H11IO2/c1-10-2-7-13(17-10)8-9-14(16)11-3-5-12(15)6-4-11/h2-9H,1H3. The average molecular weight is 338 g/mol. The molecule has 2 rings (SSSR count). The monoisotopic (exact) mass is 338 g/mol. The summed E-state index contributed by atoms with van der Waals surface area (Å²) in [6, 6.07) is 11.2. The summed E-state index contributed by atoms with van der Waals surface area (Å²) in [6.07, 6.45) is 3.22. The van der Waals surface area contributed by atoms with Gasteiger partial charge in [-0.2, -0.15) is 0 Å². The van der Waals surface area contributed by atoms with Gasteiger partial charge in [0, 0.05) is 9.13 Å². The van der Waals surface area contributed by atoms with Gasteiger partial charge in [0.2, 0.25) is 0 Å². The van der Waals surface area contributed by atoms with Crippen molar-refractivity contribution >= 4 is 34.5 Å². The first-order valence-electron chi connectivity index (χ1n) is 5.19. The molecular weight excluding hydrogens is 327 g/mol. The molecule has 1 aromatic carbocycles. The van der Waals surface area contributed by atoms with E-state index in [1.54, 1.807) is 6.08 Å². The number of allylic oxidation sites excluding steroid dienone is 1. The van der Waals surface area contributed by atoms with Crippen LogP contribution in [0.3, 0.4) is 0 Å². The highest BCUT2D eigenvalue weighted by Crippen LogP contribution is 2.11. The summed E-state index contributed by atoms with van der Waals surface area (Å²) in [4.78, 5) is 11.8. The first-order chi connectivity index (χ1) is 8.15. The van der Waals surface area contributed by atoms with E-state index in [4.69, 9.17) is 4.42 Å². The zero-order chi connectivity index (χ0) is 12.3. The van der Waals surface area contributed by atoms with E-state index in [-0.39, 0.29) is 5.78 Å². The molecule has 0 fully saturated rings. The van der Waals surface area contributed by atoms with Crippen molar-refractivity contribution in [3.63, 3.8) is 0 Å². The lowest BCUT2D eigenvalue weighted by Gasteiger charge is -1.95. The zero-order valence-corrected chi connectivity index (χ0v) is 11.5. The predicted octanol–water partition coefficient (Wildman–Crippen LogP) is 4.09. The lowest BCUT2D eigenvalue weighted by Crippen LogP contribution is -1.93. The molecule has 0 unspecified atom stereocenters. The topological polar surface area (TPSA) is 30.2 Å². The van der Waals surface area contributed by atoms with E-state index in [1.807, 2.05) is 43.3 Å². The minimum absolute atomic E-state index is 0.0181. The highest BCUT2D eigenvalue weighted by Gasteiger charge is 2.01. The quantitative estimate of drug-likeness (QED) is 0.479. The van der Waals surface area contributed by atoms with Crippen LogP contribution in [0.25, 0.3) is 6.08 Å². The smallest absolute Gasteiger partial charge is 0.185 e. The van der Waals surface area contributed by atoms with Crippen LogP contribution in [0.2, 0.25) is 0 Å². The molecule has 0 bridgehead atoms. The number of hydrogen-bond acceptors (Lipinski definition) is 2. The van der Waals surface area contributed by atoms with Gasteiger partial charge >= 0.3 is 0 Å². The summed E-state index contributed by atoms with van der Waals surface area (Å²) >= 11 is 2.21. The van der Waals surface area contributed by atoms with E-state index in [0.29, 0.717) is 11.3 Å². The maximum Gasteiger partial charge on any atom is 0.185 e. The van der Waals surface area contributed by atoms with Crippen molar-refractivity contribution in [2.45, 2.75) is 6.92 Å². The molecule has 2 nitrogen and oxygen atoms in total. The lowest BCUT2D eigenvalue weighted by molar-refractivity contribution is 0.104. The van der Waals surface area contributed by atoms with Crippen LogP contribution in [-0.4, -0.2) is 5.78 Å². The molecule has 0 atom stereocenters. The van der Waals surface area contributed by atoms with Crippen molar-refractivity contribution in [2.75, 3.05) is 0 Å². The molecule has 1 heterocycles. The van der Waals surface area contributed by atoms with Gasteiger partial charge in [-0.1, -0.05) is 12.1 Å². The van der Waals surface area contributed by atoms with E-state index >= 15 is 0 Å². The summed E-state index contributed by atoms with van der Waals surface area (Å²) in [7, 11) is 0. The molecular formula is C14H11IO2. The predicted molar refractivity (Wildman–Crippen MR) is 76.0 cm³/mol. The molecule has 0 aliphatic carbocycles. The number of halogens is 1. The number of ketones is 1. The minimum atomic E-state index is -0.0181. The Balaban J connectivity index is 2.11. The summed E-state index contributed by atoms with van der Waals surface area (Å²) in [5.41, 5.74) is 0.685. The highest BCUT2D eigenvalue weighted by molar-refractivity contribution is 14.1. The van der Waals surface area contributed by atoms with Crippen LogP contribution in [0.4, 0.5) is 0 Å². The van der Waals surface area contributed by atoms with Crippen molar-refractivity contribution in [2.24, 2.45) is 0 Å². The van der Waals surface area contributed by atoms with E-state index in [1.165, 1.54) is 6.08 Å². The SMILES string of the molecule is Cc1ccc(C=CC(=O)c2ccc(I)cc2)o1. The number of benzene rings is 1. The Bertz CT molecular complexity index is 550. The van der Waals surface area contributed by atoms with Crippen molar-refractivity contribution in [1.29, 1.82) is 0 Å². The fourth-order valence-electron chi connectivity index (χ4n) is 1.41. The van der Waals surface area contributed by atoms with Gasteiger partial charge in [0.25, 0.3) is 0 Å². The van der Waals surface area contributed by atoms with Crippen LogP contribution in [0.15, 0.2) is 46.9 Å². The molecule has 86 valence electrons. The van der Waals surface area contributed by atoms with Crippen LogP contribution in [-0.2, 0) is 0 Å². The Morgan fingerprint density at radius 2 is 1.88 bits per heavy atom. The molecule has 0 saturated carbocycles. The van der Waals surface area contributed by atoms with Gasteiger partial charge in [0.1, 0.15) is 11.5 Å². The second-order valence-corrected chi connectivity index (χ2v) is 4.90. The van der Waals surface area contributed by atoms with Crippen LogP contribution in [0, 0.1) is 10.5 Å². The molecule has 0 spiro atoms. The maximum absolute atomic E-state index is 11.8. The van der Waals surface area contributed by atoms with Crippen molar-refractivity contribution in [3.8, 4) is 0 Å². The number of carbonyl (C=O) groups excluding carboxylic acids is 1. The van der Waals surface area contributed by atoms with Crippen molar-refractivity contribution < 1.29 is 9.21 Å². The number of rotatable bonds is 3. The fourth-order valence-corrected chi connectivity index (χ4v) is 1.77. The summed E-state index contributed by atoms with van der Waals surface area (Å²) in [6.45, 7) is 1.87. The van der Waals surface area contributed by atoms with Crippen LogP contribution >= 0.6 is 22.6 Å². The number of hydrogen-bond donors (Lipinski definition) is 0. The summed E-state index contributed by atoms with van der Waals surface area (Å²) in [5.74, 6) is 1.52. The molecule has 3 heteroatoms. The molecule has 0 amide bonds. The van der Waals surface area contributed by atoms with E-state index in [0.717, 1.165) is 9.33 Å². The van der Waals surface area contributed by atoms with E-state index < -0.39 is 0 Å². The average Bonchev–Trinajstić information content (AvgIpc) is 2.73. The third-order valence-corrected chi connectivity index (χ3v) is 3.01. The van der Waals surface area contributed by atoms with Gasteiger partial charge in [-0.05, 0) is 65.9 Å². The largest absolute Gasteiger partial charge is 0.462 e. The maximum atomic E-state index is 11.8. The zero-order valence-electron chi connectivity index (χ0n) is 9.31. The van der Waals surface area contributed by atoms with Crippen LogP contribution in [0.1, 0.15) is 21.9 Å². The Morgan fingerprint density at radius 1 is 1.18 bits per heavy atom. The lowest BCUT2D eigenvalue weighted by atomic mass is 10.1. The molecule has 1 aromatic heterocycles. The Hall–Kier alpha value is -1.36. The molecule has 17 heavy (non-hydrogen) atoms. The van der Waals surface area contributed by atoms with Crippen LogP contribution in [0.5, 0.6) is 0 Å². The summed E-state index contributed by atoms with van der Waals surface area (Å²) in [5, 5.41) is 0. The third kappa shape index (κ3) is 3.30. The van der Waals surface area contributed by atoms with Gasteiger partial charge in [0.05, 0.1) is 0 Å². The van der Waals surface area contributed by atoms with E-state index in [2.05, 4.69) is 22.6 Å². The Kier molecular flexibility index (Phi) is 3.78. The van der Waals surface area contributed by atoms with Gasteiger partial charge in [-0.15, -0.1) is 0 Å². The molecule has 0 aliphatic rings. The second-order valence-electron chi connectivity index (χ2n) is 3.65. The third-order valence-electron chi connectivity index (χ3n) is 2.29. The molecule has 2 aromatic rings. The van der Waals surface area contributed by atoms with Crippen molar-refractivity contribution in [3.05, 3.63) is 63.1 Å². The van der Waals surface area contributed by atoms with E-state index in [9.17, 15) is 4.79 Å². The number of carbonyl (C=O) groups is 1. The molecule has 0 aliphatic heterocycles. The fraction of sp³-hybridized carbons (Fsp3) is 0.0714. The Morgan fingerprint density at radius 3 is 2.47 bits per heavy atom. The highest BCUT2D eigenvalue weighted by atomic mass is 127. The van der Waals surface area contributed by atoms with Gasteiger partial charge in [-0.25, -0.2) is 0 Å². The molecule has 0 N–H and O–H groups in total. The van der Waals surface area contributed by atoms with Gasteiger partial charge in [-0.3, -0.25) is 4.79 Å². The number of furan rings is 1. The van der Waals surface area contributed by atoms with Gasteiger partial charge in [0.15, 0.2) is 5.78 Å². The second kappa shape index (κ2) is 5.31. The summed E-state index contributed by atoms with van der Waals surface area (Å²) < 4.78 is 6.46. The molecule has 0 radical (unpaired) electrons. The van der Waals surface area contributed by atoms with Crippen LogP contribution < -0.4 is 0 Å². The number of aryl methyl sites for hydroxylation is 1. The Labute approximate surface area is 113 Å². The molecule has 0 saturated heterocycles. The first kappa shape index (κ1) is 12.1. The minimum Gasteiger partial charge on any atom is -0.462 e. The first-order valence-corrected chi connectivity index (χ1v) is 6.27. The van der Waals surface area contributed by atoms with Crippen molar-refractivity contribution in [1.82, 2.24) is 0 Å². The normalized spacial score (nSPS) is 10.9.